The van der Waals surface area contributed by atoms with Gasteiger partial charge in [-0.2, -0.15) is 0 Å². The van der Waals surface area contributed by atoms with Crippen LogP contribution in [0.2, 0.25) is 0 Å². The number of cyclic esters (lactones) is 2. The van der Waals surface area contributed by atoms with E-state index < -0.39 is 11.9 Å². The molecule has 0 aliphatic carbocycles. The third-order valence-corrected chi connectivity index (χ3v) is 2.61. The van der Waals surface area contributed by atoms with E-state index in [1.54, 1.807) is 36.5 Å². The number of esters is 2. The molecule has 2 heterocycles. The van der Waals surface area contributed by atoms with Crippen molar-refractivity contribution in [2.45, 2.75) is 0 Å². The second-order valence-electron chi connectivity index (χ2n) is 3.62. The number of pyridine rings is 1. The number of rotatable bonds is 1. The van der Waals surface area contributed by atoms with Crippen LogP contribution in [0.5, 0.6) is 0 Å². The molecule has 0 radical (unpaired) electrons. The Balaban J connectivity index is 2.27. The molecular weight excluding hydrogens is 218 g/mol. The van der Waals surface area contributed by atoms with E-state index in [4.69, 9.17) is 0 Å². The second-order valence-corrected chi connectivity index (χ2v) is 3.62. The Labute approximate surface area is 96.9 Å². The highest BCUT2D eigenvalue weighted by molar-refractivity contribution is 6.17. The van der Waals surface area contributed by atoms with E-state index in [9.17, 15) is 9.59 Å². The van der Waals surface area contributed by atoms with Gasteiger partial charge in [-0.15, -0.1) is 0 Å². The predicted octanol–water partition coefficient (Wildman–Crippen LogP) is 2.06. The summed E-state index contributed by atoms with van der Waals surface area (Å²) in [5, 5.41) is 0. The minimum atomic E-state index is -0.605. The van der Waals surface area contributed by atoms with Gasteiger partial charge in [-0.3, -0.25) is 4.98 Å². The number of fused-ring (bicyclic) bond motifs is 1. The Morgan fingerprint density at radius 3 is 2.47 bits per heavy atom. The SMILES string of the molecule is O=C1OC(=O)c2c1cccc2-c1ccccn1. The van der Waals surface area contributed by atoms with Gasteiger partial charge in [0.1, 0.15) is 0 Å². The Kier molecular flexibility index (Phi) is 2.01. The number of carbonyl (C=O) groups excluding carboxylic acids is 2. The molecule has 0 unspecified atom stereocenters. The summed E-state index contributed by atoms with van der Waals surface area (Å²) < 4.78 is 4.59. The minimum Gasteiger partial charge on any atom is -0.386 e. The topological polar surface area (TPSA) is 56.3 Å². The number of nitrogens with zero attached hydrogens (tertiary/aromatic N) is 1. The lowest BCUT2D eigenvalue weighted by atomic mass is 10.00. The van der Waals surface area contributed by atoms with Crippen LogP contribution < -0.4 is 0 Å². The van der Waals surface area contributed by atoms with Crippen LogP contribution in [0.1, 0.15) is 20.7 Å². The molecule has 17 heavy (non-hydrogen) atoms. The summed E-state index contributed by atoms with van der Waals surface area (Å²) in [6.45, 7) is 0. The highest BCUT2D eigenvalue weighted by atomic mass is 16.6. The Bertz CT molecular complexity index is 620. The van der Waals surface area contributed by atoms with Crippen LogP contribution in [0.25, 0.3) is 11.3 Å². The minimum absolute atomic E-state index is 0.302. The van der Waals surface area contributed by atoms with Crippen LogP contribution >= 0.6 is 0 Å². The van der Waals surface area contributed by atoms with Crippen molar-refractivity contribution in [3.8, 4) is 11.3 Å². The lowest BCUT2D eigenvalue weighted by Crippen LogP contribution is -1.98. The summed E-state index contributed by atoms with van der Waals surface area (Å²) in [4.78, 5) is 27.2. The van der Waals surface area contributed by atoms with E-state index >= 15 is 0 Å². The van der Waals surface area contributed by atoms with Crippen molar-refractivity contribution in [3.63, 3.8) is 0 Å². The molecule has 0 amide bonds. The maximum atomic E-state index is 11.6. The third-order valence-electron chi connectivity index (χ3n) is 2.61. The van der Waals surface area contributed by atoms with Gasteiger partial charge in [-0.1, -0.05) is 18.2 Å². The van der Waals surface area contributed by atoms with E-state index in [0.29, 0.717) is 22.4 Å². The van der Waals surface area contributed by atoms with E-state index in [1.807, 2.05) is 6.07 Å². The number of hydrogen-bond acceptors (Lipinski definition) is 4. The van der Waals surface area contributed by atoms with Crippen molar-refractivity contribution in [3.05, 3.63) is 53.7 Å². The zero-order valence-corrected chi connectivity index (χ0v) is 8.71. The van der Waals surface area contributed by atoms with Crippen molar-refractivity contribution >= 4 is 11.9 Å². The summed E-state index contributed by atoms with van der Waals surface area (Å²) in [7, 11) is 0. The molecule has 4 nitrogen and oxygen atoms in total. The van der Waals surface area contributed by atoms with E-state index in [1.165, 1.54) is 0 Å². The predicted molar refractivity (Wildman–Crippen MR) is 59.4 cm³/mol. The first kappa shape index (κ1) is 9.72. The largest absolute Gasteiger partial charge is 0.386 e. The van der Waals surface area contributed by atoms with Gasteiger partial charge in [-0.05, 0) is 18.2 Å². The number of carbonyl (C=O) groups is 2. The van der Waals surface area contributed by atoms with Crippen molar-refractivity contribution in [2.24, 2.45) is 0 Å². The van der Waals surface area contributed by atoms with Crippen LogP contribution in [-0.2, 0) is 4.74 Å². The first-order valence-corrected chi connectivity index (χ1v) is 5.08. The van der Waals surface area contributed by atoms with Crippen LogP contribution in [0.4, 0.5) is 0 Å². The van der Waals surface area contributed by atoms with Crippen molar-refractivity contribution in [1.82, 2.24) is 4.98 Å². The zero-order chi connectivity index (χ0) is 11.8. The second kappa shape index (κ2) is 3.52. The molecule has 1 aromatic carbocycles. The monoisotopic (exact) mass is 225 g/mol. The normalized spacial score (nSPS) is 13.4. The average Bonchev–Trinajstić information content (AvgIpc) is 2.66. The molecule has 3 rings (SSSR count). The third kappa shape index (κ3) is 1.42. The van der Waals surface area contributed by atoms with Crippen LogP contribution in [0.15, 0.2) is 42.6 Å². The molecule has 1 aliphatic rings. The van der Waals surface area contributed by atoms with Gasteiger partial charge in [0, 0.05) is 11.8 Å². The fourth-order valence-electron chi connectivity index (χ4n) is 1.87. The number of hydrogen-bond donors (Lipinski definition) is 0. The maximum absolute atomic E-state index is 11.6. The molecule has 2 aromatic rings. The highest BCUT2D eigenvalue weighted by Gasteiger charge is 2.32. The smallest absolute Gasteiger partial charge is 0.347 e. The van der Waals surface area contributed by atoms with Gasteiger partial charge in [-0.25, -0.2) is 9.59 Å². The molecule has 0 fully saturated rings. The number of ether oxygens (including phenoxy) is 1. The van der Waals surface area contributed by atoms with Gasteiger partial charge >= 0.3 is 11.9 Å². The molecule has 0 saturated heterocycles. The zero-order valence-electron chi connectivity index (χ0n) is 8.71. The summed E-state index contributed by atoms with van der Waals surface area (Å²) >= 11 is 0. The summed E-state index contributed by atoms with van der Waals surface area (Å²) in [5.41, 5.74) is 1.88. The van der Waals surface area contributed by atoms with Gasteiger partial charge in [0.2, 0.25) is 0 Å². The highest BCUT2D eigenvalue weighted by Crippen LogP contribution is 2.29. The van der Waals surface area contributed by atoms with Crippen LogP contribution in [0, 0.1) is 0 Å². The number of aromatic nitrogens is 1. The van der Waals surface area contributed by atoms with Crippen molar-refractivity contribution in [1.29, 1.82) is 0 Å². The van der Waals surface area contributed by atoms with Crippen LogP contribution in [-0.4, -0.2) is 16.9 Å². The molecule has 82 valence electrons. The van der Waals surface area contributed by atoms with Gasteiger partial charge in [0.15, 0.2) is 0 Å². The van der Waals surface area contributed by atoms with Gasteiger partial charge in [0.25, 0.3) is 0 Å². The quantitative estimate of drug-likeness (QED) is 0.550. The molecule has 0 spiro atoms. The summed E-state index contributed by atoms with van der Waals surface area (Å²) in [5.74, 6) is -1.20. The van der Waals surface area contributed by atoms with Crippen molar-refractivity contribution in [2.75, 3.05) is 0 Å². The van der Waals surface area contributed by atoms with Gasteiger partial charge in [0.05, 0.1) is 16.8 Å². The van der Waals surface area contributed by atoms with E-state index in [-0.39, 0.29) is 0 Å². The number of benzene rings is 1. The molecule has 1 aliphatic heterocycles. The Morgan fingerprint density at radius 1 is 0.882 bits per heavy atom. The fraction of sp³-hybridized carbons (Fsp3) is 0. The van der Waals surface area contributed by atoms with E-state index in [2.05, 4.69) is 9.72 Å². The molecule has 4 heteroatoms. The molecular formula is C13H7NO3. The average molecular weight is 225 g/mol. The molecule has 0 N–H and O–H groups in total. The van der Waals surface area contributed by atoms with Crippen LogP contribution in [0.3, 0.4) is 0 Å². The van der Waals surface area contributed by atoms with E-state index in [0.717, 1.165) is 0 Å². The van der Waals surface area contributed by atoms with Crippen molar-refractivity contribution < 1.29 is 14.3 Å². The van der Waals surface area contributed by atoms with Gasteiger partial charge < -0.3 is 4.74 Å². The fourth-order valence-corrected chi connectivity index (χ4v) is 1.87. The first-order chi connectivity index (χ1) is 8.27. The summed E-state index contributed by atoms with van der Waals surface area (Å²) in [6.07, 6.45) is 1.64. The molecule has 0 atom stereocenters. The standard InChI is InChI=1S/C13H7NO3/c15-12-9-5-3-4-8(11(9)13(16)17-12)10-6-1-2-7-14-10/h1-7H. The lowest BCUT2D eigenvalue weighted by molar-refractivity contribution is 0.0444. The molecule has 0 bridgehead atoms. The maximum Gasteiger partial charge on any atom is 0.347 e. The first-order valence-electron chi connectivity index (χ1n) is 5.08. The Morgan fingerprint density at radius 2 is 1.71 bits per heavy atom. The molecule has 1 aromatic heterocycles. The Hall–Kier alpha value is -2.49. The lowest BCUT2D eigenvalue weighted by Gasteiger charge is -2.03. The summed E-state index contributed by atoms with van der Waals surface area (Å²) in [6, 6.07) is 10.4. The molecule has 0 saturated carbocycles.